The molecule has 0 aromatic heterocycles. The Morgan fingerprint density at radius 3 is 2.16 bits per heavy atom. The number of carbonyl (C=O) groups excluding carboxylic acids is 2. The van der Waals surface area contributed by atoms with Gasteiger partial charge in [0.1, 0.15) is 25.0 Å². The molecule has 168 valence electrons. The largest absolute Gasteiger partial charge is 0.369 e. The average molecular weight is 433 g/mol. The summed E-state index contributed by atoms with van der Waals surface area (Å²) in [6.07, 6.45) is 3.44. The van der Waals surface area contributed by atoms with Gasteiger partial charge in [0.25, 0.3) is 0 Å². The van der Waals surface area contributed by atoms with Crippen molar-refractivity contribution in [2.45, 2.75) is 51.0 Å². The van der Waals surface area contributed by atoms with Gasteiger partial charge in [-0.25, -0.2) is 0 Å². The van der Waals surface area contributed by atoms with Gasteiger partial charge < -0.3 is 5.73 Å². The lowest BCUT2D eigenvalue weighted by Gasteiger charge is -2.37. The summed E-state index contributed by atoms with van der Waals surface area (Å²) < 4.78 is 2.20. The van der Waals surface area contributed by atoms with Crippen molar-refractivity contribution in [1.29, 1.82) is 0 Å². The van der Waals surface area contributed by atoms with E-state index in [1.807, 2.05) is 67.6 Å². The van der Waals surface area contributed by atoms with Gasteiger partial charge in [-0.1, -0.05) is 67.6 Å². The monoisotopic (exact) mass is 432 g/mol. The molecule has 0 spiro atoms. The Kier molecular flexibility index (Phi) is 6.45. The molecule has 5 heteroatoms. The number of carbonyl (C=O) groups is 2. The van der Waals surface area contributed by atoms with Crippen molar-refractivity contribution in [3.8, 4) is 0 Å². The number of Topliss-reactive ketones (excluding diaryl/α,β-unsaturated/α-hetero) is 1. The third-order valence-corrected chi connectivity index (χ3v) is 7.55. The van der Waals surface area contributed by atoms with E-state index in [1.54, 1.807) is 0 Å². The second kappa shape index (κ2) is 9.27. The molecular weight excluding hydrogens is 398 g/mol. The fourth-order valence-corrected chi connectivity index (χ4v) is 5.86. The summed E-state index contributed by atoms with van der Waals surface area (Å²) in [4.78, 5) is 27.7. The molecule has 1 aliphatic carbocycles. The van der Waals surface area contributed by atoms with E-state index in [-0.39, 0.29) is 17.6 Å². The summed E-state index contributed by atoms with van der Waals surface area (Å²) in [5, 5.41) is 0. The van der Waals surface area contributed by atoms with Crippen LogP contribution in [-0.2, 0) is 15.0 Å². The Morgan fingerprint density at radius 1 is 1.03 bits per heavy atom. The second-order valence-electron chi connectivity index (χ2n) is 9.12. The van der Waals surface area contributed by atoms with Crippen LogP contribution >= 0.6 is 0 Å². The molecule has 5 nitrogen and oxygen atoms in total. The first-order valence-corrected chi connectivity index (χ1v) is 11.8. The van der Waals surface area contributed by atoms with E-state index in [9.17, 15) is 9.59 Å². The van der Waals surface area contributed by atoms with Crippen LogP contribution in [0.3, 0.4) is 0 Å². The van der Waals surface area contributed by atoms with Gasteiger partial charge in [-0.3, -0.25) is 19.1 Å². The van der Waals surface area contributed by atoms with Crippen molar-refractivity contribution in [3.05, 3.63) is 71.8 Å². The first-order chi connectivity index (χ1) is 15.5. The normalized spacial score (nSPS) is 21.2. The van der Waals surface area contributed by atoms with Crippen LogP contribution in [0.15, 0.2) is 60.7 Å². The molecule has 32 heavy (non-hydrogen) atoms. The first kappa shape index (κ1) is 22.3. The van der Waals surface area contributed by atoms with Crippen LogP contribution in [-0.4, -0.2) is 52.7 Å². The summed E-state index contributed by atoms with van der Waals surface area (Å²) in [6.45, 7) is 6.36. The summed E-state index contributed by atoms with van der Waals surface area (Å²) >= 11 is 0. The Labute approximate surface area is 190 Å². The zero-order valence-corrected chi connectivity index (χ0v) is 19.2. The standard InChI is InChI=1S/C27H33N3O2/c1-3-25(31)19-29-16-17-30(20(29)2)24-15-14-23(18-24)27(26(28)32,21-10-6-4-7-11-21)22-12-8-5-9-13-22/h4-13,23-24H,3,14-19H2,1-2H3,(H-,28,32)/p+1/t23-,24+/m0/s1. The van der Waals surface area contributed by atoms with Crippen LogP contribution in [0.2, 0.25) is 0 Å². The van der Waals surface area contributed by atoms with Gasteiger partial charge in [-0.15, -0.1) is 0 Å². The van der Waals surface area contributed by atoms with Crippen LogP contribution in [0.1, 0.15) is 50.7 Å². The van der Waals surface area contributed by atoms with E-state index in [4.69, 9.17) is 5.73 Å². The predicted octanol–water partition coefficient (Wildman–Crippen LogP) is 3.35. The molecule has 4 rings (SSSR count). The molecule has 0 radical (unpaired) electrons. The summed E-state index contributed by atoms with van der Waals surface area (Å²) in [5.41, 5.74) is 7.33. The molecule has 2 aromatic carbocycles. The van der Waals surface area contributed by atoms with Crippen LogP contribution in [0.25, 0.3) is 0 Å². The van der Waals surface area contributed by atoms with Crippen LogP contribution in [0.4, 0.5) is 0 Å². The Balaban J connectivity index is 1.67. The van der Waals surface area contributed by atoms with Gasteiger partial charge in [0, 0.05) is 13.3 Å². The van der Waals surface area contributed by atoms with Gasteiger partial charge in [-0.2, -0.15) is 0 Å². The third-order valence-electron chi connectivity index (χ3n) is 7.55. The van der Waals surface area contributed by atoms with Crippen molar-refractivity contribution in [3.63, 3.8) is 0 Å². The number of amides is 1. The first-order valence-electron chi connectivity index (χ1n) is 11.8. The number of nitrogens with zero attached hydrogens (tertiary/aromatic N) is 2. The minimum absolute atomic E-state index is 0.119. The number of benzene rings is 2. The average Bonchev–Trinajstić information content (AvgIpc) is 3.43. The van der Waals surface area contributed by atoms with Crippen LogP contribution in [0.5, 0.6) is 0 Å². The molecule has 1 heterocycles. The van der Waals surface area contributed by atoms with Gasteiger partial charge >= 0.3 is 0 Å². The van der Waals surface area contributed by atoms with E-state index >= 15 is 0 Å². The minimum atomic E-state index is -0.844. The zero-order chi connectivity index (χ0) is 22.7. The highest BCUT2D eigenvalue weighted by Crippen LogP contribution is 2.48. The number of nitrogens with two attached hydrogens (primary N) is 1. The highest BCUT2D eigenvalue weighted by atomic mass is 16.1. The van der Waals surface area contributed by atoms with Gasteiger partial charge in [0.05, 0.1) is 6.04 Å². The van der Waals surface area contributed by atoms with Crippen LogP contribution in [0, 0.1) is 5.92 Å². The summed E-state index contributed by atoms with van der Waals surface area (Å²) in [7, 11) is 0. The van der Waals surface area contributed by atoms with Crippen molar-refractivity contribution in [2.75, 3.05) is 19.6 Å². The molecule has 1 aliphatic heterocycles. The summed E-state index contributed by atoms with van der Waals surface area (Å²) in [5.74, 6) is 1.30. The summed E-state index contributed by atoms with van der Waals surface area (Å²) in [6, 6.07) is 20.4. The lowest BCUT2D eigenvalue weighted by molar-refractivity contribution is -0.506. The van der Waals surface area contributed by atoms with Crippen molar-refractivity contribution in [1.82, 2.24) is 4.90 Å². The van der Waals surface area contributed by atoms with Crippen molar-refractivity contribution >= 4 is 17.5 Å². The highest BCUT2D eigenvalue weighted by Gasteiger charge is 2.52. The number of hydrogen-bond acceptors (Lipinski definition) is 3. The molecule has 1 amide bonds. The number of primary amides is 1. The molecular formula is C27H34N3O2+. The predicted molar refractivity (Wildman–Crippen MR) is 127 cm³/mol. The minimum Gasteiger partial charge on any atom is -0.369 e. The fourth-order valence-electron chi connectivity index (χ4n) is 5.86. The Morgan fingerprint density at radius 2 is 1.62 bits per heavy atom. The SMILES string of the molecule is CCC(=O)C[N+]1=C(C)N([C@@H]2CC[C@H](C(C(N)=O)(c3ccccc3)c3ccccc3)C2)CC1. The van der Waals surface area contributed by atoms with E-state index in [1.165, 1.54) is 5.84 Å². The quantitative estimate of drug-likeness (QED) is 0.651. The number of hydrogen-bond donors (Lipinski definition) is 1. The highest BCUT2D eigenvalue weighted by molar-refractivity contribution is 5.91. The lowest BCUT2D eigenvalue weighted by Crippen LogP contribution is -2.48. The van der Waals surface area contributed by atoms with Gasteiger partial charge in [-0.05, 0) is 36.3 Å². The maximum absolute atomic E-state index is 13.3. The van der Waals surface area contributed by atoms with Gasteiger partial charge in [0.15, 0.2) is 5.78 Å². The molecule has 1 saturated carbocycles. The fraction of sp³-hybridized carbons (Fsp3) is 0.444. The van der Waals surface area contributed by atoms with E-state index in [2.05, 4.69) is 16.4 Å². The molecule has 0 bridgehead atoms. The lowest BCUT2D eigenvalue weighted by atomic mass is 9.64. The molecule has 2 atom stereocenters. The number of rotatable bonds is 8. The molecule has 2 aromatic rings. The van der Waals surface area contributed by atoms with Crippen LogP contribution < -0.4 is 5.73 Å². The molecule has 0 saturated heterocycles. The Hall–Kier alpha value is -2.95. The maximum Gasteiger partial charge on any atom is 0.244 e. The van der Waals surface area contributed by atoms with E-state index < -0.39 is 5.41 Å². The van der Waals surface area contributed by atoms with E-state index in [0.717, 1.165) is 43.5 Å². The molecule has 2 N–H and O–H groups in total. The topological polar surface area (TPSA) is 66.4 Å². The van der Waals surface area contributed by atoms with Gasteiger partial charge in [0.2, 0.25) is 11.7 Å². The molecule has 2 aliphatic rings. The molecule has 0 unspecified atom stereocenters. The maximum atomic E-state index is 13.3. The third kappa shape index (κ3) is 3.85. The second-order valence-corrected chi connectivity index (χ2v) is 9.12. The smallest absolute Gasteiger partial charge is 0.244 e. The molecule has 1 fully saturated rings. The van der Waals surface area contributed by atoms with Crippen molar-refractivity contribution < 1.29 is 14.2 Å². The Bertz CT molecular complexity index is 961. The zero-order valence-electron chi connectivity index (χ0n) is 19.2. The van der Waals surface area contributed by atoms with Crippen molar-refractivity contribution in [2.24, 2.45) is 11.7 Å². The number of amidine groups is 1. The van der Waals surface area contributed by atoms with E-state index in [0.29, 0.717) is 19.0 Å². The number of ketones is 1.